The summed E-state index contributed by atoms with van der Waals surface area (Å²) < 4.78 is 11.5. The van der Waals surface area contributed by atoms with E-state index < -0.39 is 0 Å². The highest BCUT2D eigenvalue weighted by Crippen LogP contribution is 2.21. The molecule has 2 saturated heterocycles. The van der Waals surface area contributed by atoms with Gasteiger partial charge in [0.1, 0.15) is 6.10 Å². The van der Waals surface area contributed by atoms with E-state index in [0.717, 1.165) is 50.5 Å². The second-order valence-electron chi connectivity index (χ2n) is 6.12. The Balaban J connectivity index is 1.52. The van der Waals surface area contributed by atoms with Crippen LogP contribution in [-0.4, -0.2) is 54.9 Å². The maximum atomic E-state index is 5.96. The summed E-state index contributed by atoms with van der Waals surface area (Å²) >= 11 is 0. The molecule has 1 aromatic heterocycles. The first-order chi connectivity index (χ1) is 10.2. The van der Waals surface area contributed by atoms with Gasteiger partial charge in [-0.1, -0.05) is 0 Å². The SMILES string of the molecule is CC1OCCC1Nc1ccc(OC2CCN(C)CC2)nc1. The van der Waals surface area contributed by atoms with E-state index in [1.807, 2.05) is 18.3 Å². The third-order valence-electron chi connectivity index (χ3n) is 4.42. The van der Waals surface area contributed by atoms with Crippen molar-refractivity contribution in [2.45, 2.75) is 44.4 Å². The molecular formula is C16H25N3O2. The maximum absolute atomic E-state index is 5.96. The van der Waals surface area contributed by atoms with Crippen molar-refractivity contribution in [2.24, 2.45) is 0 Å². The second-order valence-corrected chi connectivity index (χ2v) is 6.12. The zero-order valence-corrected chi connectivity index (χ0v) is 12.9. The number of piperidine rings is 1. The fourth-order valence-corrected chi connectivity index (χ4v) is 2.94. The van der Waals surface area contributed by atoms with Gasteiger partial charge in [-0.3, -0.25) is 0 Å². The van der Waals surface area contributed by atoms with Crippen LogP contribution in [0.4, 0.5) is 5.69 Å². The van der Waals surface area contributed by atoms with Gasteiger partial charge in [-0.25, -0.2) is 4.98 Å². The Labute approximate surface area is 126 Å². The first kappa shape index (κ1) is 14.6. The van der Waals surface area contributed by atoms with Crippen LogP contribution in [0.25, 0.3) is 0 Å². The Hall–Kier alpha value is -1.33. The molecule has 5 heteroatoms. The topological polar surface area (TPSA) is 46.6 Å². The molecular weight excluding hydrogens is 266 g/mol. The lowest BCUT2D eigenvalue weighted by Gasteiger charge is -2.28. The average Bonchev–Trinajstić information content (AvgIpc) is 2.89. The van der Waals surface area contributed by atoms with Gasteiger partial charge in [0.05, 0.1) is 24.0 Å². The molecule has 0 aliphatic carbocycles. The quantitative estimate of drug-likeness (QED) is 0.921. The number of aromatic nitrogens is 1. The van der Waals surface area contributed by atoms with Crippen LogP contribution in [-0.2, 0) is 4.74 Å². The lowest BCUT2D eigenvalue weighted by molar-refractivity contribution is 0.110. The zero-order valence-electron chi connectivity index (χ0n) is 12.9. The van der Waals surface area contributed by atoms with Gasteiger partial charge in [0.25, 0.3) is 0 Å². The largest absolute Gasteiger partial charge is 0.474 e. The van der Waals surface area contributed by atoms with E-state index >= 15 is 0 Å². The normalized spacial score (nSPS) is 27.7. The van der Waals surface area contributed by atoms with E-state index in [0.29, 0.717) is 12.1 Å². The van der Waals surface area contributed by atoms with Crippen LogP contribution in [0.2, 0.25) is 0 Å². The Morgan fingerprint density at radius 2 is 2.10 bits per heavy atom. The Bertz CT molecular complexity index is 443. The summed E-state index contributed by atoms with van der Waals surface area (Å²) in [6.45, 7) is 5.15. The van der Waals surface area contributed by atoms with Crippen LogP contribution in [0.1, 0.15) is 26.2 Å². The number of hydrogen-bond donors (Lipinski definition) is 1. The maximum Gasteiger partial charge on any atom is 0.213 e. The number of likely N-dealkylation sites (tertiary alicyclic amines) is 1. The van der Waals surface area contributed by atoms with E-state index in [-0.39, 0.29) is 6.10 Å². The van der Waals surface area contributed by atoms with Gasteiger partial charge in [-0.15, -0.1) is 0 Å². The van der Waals surface area contributed by atoms with Gasteiger partial charge in [-0.2, -0.15) is 0 Å². The lowest BCUT2D eigenvalue weighted by Crippen LogP contribution is -2.35. The molecule has 2 aliphatic heterocycles. The van der Waals surface area contributed by atoms with E-state index in [4.69, 9.17) is 9.47 Å². The second kappa shape index (κ2) is 6.62. The first-order valence-corrected chi connectivity index (χ1v) is 7.90. The summed E-state index contributed by atoms with van der Waals surface area (Å²) in [6, 6.07) is 4.39. The molecule has 0 spiro atoms. The van der Waals surface area contributed by atoms with Crippen LogP contribution in [0.15, 0.2) is 18.3 Å². The highest BCUT2D eigenvalue weighted by molar-refractivity contribution is 5.43. The number of nitrogens with zero attached hydrogens (tertiary/aromatic N) is 2. The average molecular weight is 291 g/mol. The molecule has 21 heavy (non-hydrogen) atoms. The standard InChI is InChI=1S/C16H25N3O2/c1-12-15(7-10-20-12)18-13-3-4-16(17-11-13)21-14-5-8-19(2)9-6-14/h3-4,11-12,14-15,18H,5-10H2,1-2H3. The molecule has 116 valence electrons. The van der Waals surface area contributed by atoms with Gasteiger partial charge >= 0.3 is 0 Å². The van der Waals surface area contributed by atoms with Crippen molar-refractivity contribution in [3.05, 3.63) is 18.3 Å². The van der Waals surface area contributed by atoms with Crippen molar-refractivity contribution < 1.29 is 9.47 Å². The van der Waals surface area contributed by atoms with E-state index in [9.17, 15) is 0 Å². The highest BCUT2D eigenvalue weighted by Gasteiger charge is 2.24. The van der Waals surface area contributed by atoms with Gasteiger partial charge in [0.15, 0.2) is 0 Å². The summed E-state index contributed by atoms with van der Waals surface area (Å²) in [5.41, 5.74) is 1.04. The van der Waals surface area contributed by atoms with Crippen molar-refractivity contribution in [3.63, 3.8) is 0 Å². The molecule has 2 atom stereocenters. The third kappa shape index (κ3) is 3.86. The highest BCUT2D eigenvalue weighted by atomic mass is 16.5. The summed E-state index contributed by atoms with van der Waals surface area (Å²) in [7, 11) is 2.16. The molecule has 3 heterocycles. The summed E-state index contributed by atoms with van der Waals surface area (Å²) in [5.74, 6) is 0.728. The Kier molecular flexibility index (Phi) is 4.60. The van der Waals surface area contributed by atoms with Crippen molar-refractivity contribution in [2.75, 3.05) is 32.1 Å². The number of anilines is 1. The van der Waals surface area contributed by atoms with Gasteiger partial charge in [0.2, 0.25) is 5.88 Å². The monoisotopic (exact) mass is 291 g/mol. The van der Waals surface area contributed by atoms with Crippen molar-refractivity contribution in [1.29, 1.82) is 0 Å². The molecule has 0 amide bonds. The van der Waals surface area contributed by atoms with E-state index in [2.05, 4.69) is 29.2 Å². The van der Waals surface area contributed by atoms with Crippen LogP contribution < -0.4 is 10.1 Å². The minimum absolute atomic E-state index is 0.264. The number of ether oxygens (including phenoxy) is 2. The molecule has 1 N–H and O–H groups in total. The van der Waals surface area contributed by atoms with Crippen LogP contribution in [0, 0.1) is 0 Å². The van der Waals surface area contributed by atoms with Crippen LogP contribution >= 0.6 is 0 Å². The Morgan fingerprint density at radius 1 is 1.29 bits per heavy atom. The summed E-state index contributed by atoms with van der Waals surface area (Å²) in [5, 5.41) is 3.48. The minimum atomic E-state index is 0.264. The smallest absolute Gasteiger partial charge is 0.213 e. The number of rotatable bonds is 4. The van der Waals surface area contributed by atoms with Crippen molar-refractivity contribution >= 4 is 5.69 Å². The van der Waals surface area contributed by atoms with Gasteiger partial charge < -0.3 is 19.7 Å². The van der Waals surface area contributed by atoms with Crippen molar-refractivity contribution in [3.8, 4) is 5.88 Å². The molecule has 0 saturated carbocycles. The fraction of sp³-hybridized carbons (Fsp3) is 0.688. The van der Waals surface area contributed by atoms with Gasteiger partial charge in [-0.05, 0) is 39.3 Å². The fourth-order valence-electron chi connectivity index (χ4n) is 2.94. The number of hydrogen-bond acceptors (Lipinski definition) is 5. The molecule has 0 aromatic carbocycles. The number of pyridine rings is 1. The number of nitrogens with one attached hydrogen (secondary N) is 1. The van der Waals surface area contributed by atoms with Gasteiger partial charge in [0, 0.05) is 25.8 Å². The van der Waals surface area contributed by atoms with Crippen LogP contribution in [0.3, 0.4) is 0 Å². The first-order valence-electron chi connectivity index (χ1n) is 7.90. The predicted octanol–water partition coefficient (Wildman–Crippen LogP) is 2.14. The molecule has 2 aliphatic rings. The molecule has 2 unspecified atom stereocenters. The van der Waals surface area contributed by atoms with E-state index in [1.165, 1.54) is 0 Å². The van der Waals surface area contributed by atoms with Crippen LogP contribution in [0.5, 0.6) is 5.88 Å². The Morgan fingerprint density at radius 3 is 2.71 bits per heavy atom. The molecule has 5 nitrogen and oxygen atoms in total. The predicted molar refractivity (Wildman–Crippen MR) is 82.8 cm³/mol. The summed E-state index contributed by atoms with van der Waals surface area (Å²) in [4.78, 5) is 6.76. The van der Waals surface area contributed by atoms with Crippen molar-refractivity contribution in [1.82, 2.24) is 9.88 Å². The molecule has 1 aromatic rings. The molecule has 3 rings (SSSR count). The molecule has 0 bridgehead atoms. The summed E-state index contributed by atoms with van der Waals surface area (Å²) in [6.07, 6.45) is 5.63. The molecule has 0 radical (unpaired) electrons. The molecule has 2 fully saturated rings. The third-order valence-corrected chi connectivity index (χ3v) is 4.42. The zero-order chi connectivity index (χ0) is 14.7. The minimum Gasteiger partial charge on any atom is -0.474 e. The lowest BCUT2D eigenvalue weighted by atomic mass is 10.1. The van der Waals surface area contributed by atoms with E-state index in [1.54, 1.807) is 0 Å².